The highest BCUT2D eigenvalue weighted by atomic mass is 16.5. The molecule has 9 heavy (non-hydrogen) atoms. The monoisotopic (exact) mass is 130 g/mol. The number of amides is 1. The summed E-state index contributed by atoms with van der Waals surface area (Å²) < 4.78 is 0. The molecular formula is C5H10N2O2. The van der Waals surface area contributed by atoms with Crippen LogP contribution in [0.2, 0.25) is 0 Å². The first-order valence-corrected chi connectivity index (χ1v) is 2.97. The first-order chi connectivity index (χ1) is 4.22. The molecule has 1 fully saturated rings. The lowest BCUT2D eigenvalue weighted by Crippen LogP contribution is -2.46. The number of hydroxylamine groups is 2. The fourth-order valence-electron chi connectivity index (χ4n) is 0.886. The second-order valence-electron chi connectivity index (χ2n) is 2.21. The first-order valence-electron chi connectivity index (χ1n) is 2.97. The van der Waals surface area contributed by atoms with Crippen LogP contribution in [0.3, 0.4) is 0 Å². The highest BCUT2D eigenvalue weighted by Crippen LogP contribution is 2.06. The van der Waals surface area contributed by atoms with Crippen LogP contribution in [-0.2, 0) is 4.79 Å². The third-order valence-electron chi connectivity index (χ3n) is 1.46. The third kappa shape index (κ3) is 1.20. The minimum atomic E-state index is -0.483. The van der Waals surface area contributed by atoms with Crippen LogP contribution in [0, 0.1) is 0 Å². The van der Waals surface area contributed by atoms with E-state index in [1.54, 1.807) is 0 Å². The van der Waals surface area contributed by atoms with E-state index in [0.29, 0.717) is 18.0 Å². The summed E-state index contributed by atoms with van der Waals surface area (Å²) in [5.74, 6) is -0.360. The molecule has 0 radical (unpaired) electrons. The van der Waals surface area contributed by atoms with Gasteiger partial charge in [0.2, 0.25) is 0 Å². The molecule has 0 aromatic rings. The molecule has 4 heteroatoms. The van der Waals surface area contributed by atoms with E-state index in [4.69, 9.17) is 10.9 Å². The standard InChI is InChI=1S/C5H10N2O2/c6-4-2-1-3-7(9)5(4)8/h4,9H,1-3,6H2/t4-/m1/s1. The van der Waals surface area contributed by atoms with Crippen molar-refractivity contribution in [2.24, 2.45) is 5.73 Å². The normalized spacial score (nSPS) is 28.9. The van der Waals surface area contributed by atoms with Crippen LogP contribution in [0.4, 0.5) is 0 Å². The zero-order chi connectivity index (χ0) is 6.85. The van der Waals surface area contributed by atoms with Gasteiger partial charge in [-0.1, -0.05) is 0 Å². The van der Waals surface area contributed by atoms with Gasteiger partial charge in [-0.3, -0.25) is 10.0 Å². The number of piperidine rings is 1. The molecular weight excluding hydrogens is 120 g/mol. The maximum absolute atomic E-state index is 10.7. The molecule has 1 amide bonds. The van der Waals surface area contributed by atoms with Gasteiger partial charge in [0.05, 0.1) is 6.04 Å². The highest BCUT2D eigenvalue weighted by molar-refractivity contribution is 5.81. The second-order valence-corrected chi connectivity index (χ2v) is 2.21. The number of carbonyl (C=O) groups is 1. The number of hydrogen-bond donors (Lipinski definition) is 2. The Labute approximate surface area is 53.2 Å². The summed E-state index contributed by atoms with van der Waals surface area (Å²) in [7, 11) is 0. The molecule has 1 heterocycles. The molecule has 3 N–H and O–H groups in total. The molecule has 0 aromatic heterocycles. The van der Waals surface area contributed by atoms with Crippen molar-refractivity contribution in [2.45, 2.75) is 18.9 Å². The lowest BCUT2D eigenvalue weighted by molar-refractivity contribution is -0.171. The van der Waals surface area contributed by atoms with E-state index in [2.05, 4.69) is 0 Å². The zero-order valence-electron chi connectivity index (χ0n) is 5.08. The summed E-state index contributed by atoms with van der Waals surface area (Å²) in [4.78, 5) is 10.7. The van der Waals surface area contributed by atoms with Crippen molar-refractivity contribution in [3.63, 3.8) is 0 Å². The van der Waals surface area contributed by atoms with E-state index in [1.165, 1.54) is 0 Å². The van der Waals surface area contributed by atoms with E-state index >= 15 is 0 Å². The summed E-state index contributed by atoms with van der Waals surface area (Å²) in [5, 5.41) is 9.44. The average Bonchev–Trinajstić information content (AvgIpc) is 1.83. The molecule has 0 unspecified atom stereocenters. The number of carbonyl (C=O) groups excluding carboxylic acids is 1. The van der Waals surface area contributed by atoms with E-state index in [1.807, 2.05) is 0 Å². The maximum Gasteiger partial charge on any atom is 0.262 e. The summed E-state index contributed by atoms with van der Waals surface area (Å²) in [6.07, 6.45) is 1.49. The lowest BCUT2D eigenvalue weighted by Gasteiger charge is -2.24. The third-order valence-corrected chi connectivity index (χ3v) is 1.46. The van der Waals surface area contributed by atoms with Crippen LogP contribution in [0.15, 0.2) is 0 Å². The second kappa shape index (κ2) is 2.33. The highest BCUT2D eigenvalue weighted by Gasteiger charge is 2.23. The first kappa shape index (κ1) is 6.51. The molecule has 1 rings (SSSR count). The Morgan fingerprint density at radius 1 is 1.78 bits per heavy atom. The summed E-state index contributed by atoms with van der Waals surface area (Å²) in [5.41, 5.74) is 5.32. The molecule has 0 spiro atoms. The smallest absolute Gasteiger partial charge is 0.262 e. The molecule has 0 saturated carbocycles. The fraction of sp³-hybridized carbons (Fsp3) is 0.800. The van der Waals surface area contributed by atoms with Gasteiger partial charge >= 0.3 is 0 Å². The molecule has 1 saturated heterocycles. The Bertz CT molecular complexity index is 114. The van der Waals surface area contributed by atoms with Gasteiger partial charge in [-0.25, -0.2) is 5.06 Å². The zero-order valence-corrected chi connectivity index (χ0v) is 5.08. The van der Waals surface area contributed by atoms with Crippen molar-refractivity contribution in [3.8, 4) is 0 Å². The van der Waals surface area contributed by atoms with Gasteiger partial charge < -0.3 is 5.73 Å². The molecule has 0 aromatic carbocycles. The lowest BCUT2D eigenvalue weighted by atomic mass is 10.1. The molecule has 0 aliphatic carbocycles. The average molecular weight is 130 g/mol. The summed E-state index contributed by atoms with van der Waals surface area (Å²) in [6, 6.07) is -0.483. The topological polar surface area (TPSA) is 66.6 Å². The van der Waals surface area contributed by atoms with Gasteiger partial charge in [0.25, 0.3) is 5.91 Å². The van der Waals surface area contributed by atoms with Crippen LogP contribution >= 0.6 is 0 Å². The number of rotatable bonds is 0. The SMILES string of the molecule is N[C@@H]1CCCN(O)C1=O. The largest absolute Gasteiger partial charge is 0.320 e. The van der Waals surface area contributed by atoms with E-state index in [9.17, 15) is 4.79 Å². The number of nitrogens with two attached hydrogens (primary N) is 1. The van der Waals surface area contributed by atoms with Crippen molar-refractivity contribution in [3.05, 3.63) is 0 Å². The van der Waals surface area contributed by atoms with Crippen LogP contribution in [-0.4, -0.2) is 28.8 Å². The van der Waals surface area contributed by atoms with Crippen LogP contribution in [0.25, 0.3) is 0 Å². The predicted molar refractivity (Wildman–Crippen MR) is 30.7 cm³/mol. The van der Waals surface area contributed by atoms with E-state index < -0.39 is 6.04 Å². The van der Waals surface area contributed by atoms with Crippen LogP contribution < -0.4 is 5.73 Å². The molecule has 1 aliphatic heterocycles. The van der Waals surface area contributed by atoms with Crippen molar-refractivity contribution >= 4 is 5.91 Å². The van der Waals surface area contributed by atoms with Crippen molar-refractivity contribution in [1.29, 1.82) is 0 Å². The molecule has 52 valence electrons. The minimum Gasteiger partial charge on any atom is -0.320 e. The molecule has 0 bridgehead atoms. The summed E-state index contributed by atoms with van der Waals surface area (Å²) in [6.45, 7) is 0.423. The minimum absolute atomic E-state index is 0.360. The van der Waals surface area contributed by atoms with Crippen molar-refractivity contribution in [2.75, 3.05) is 6.54 Å². The molecule has 1 atom stereocenters. The van der Waals surface area contributed by atoms with Gasteiger partial charge in [0.1, 0.15) is 0 Å². The predicted octanol–water partition coefficient (Wildman–Crippen LogP) is -0.675. The van der Waals surface area contributed by atoms with Crippen molar-refractivity contribution < 1.29 is 10.0 Å². The van der Waals surface area contributed by atoms with Gasteiger partial charge in [-0.05, 0) is 12.8 Å². The Morgan fingerprint density at radius 2 is 2.44 bits per heavy atom. The van der Waals surface area contributed by atoms with Crippen molar-refractivity contribution in [1.82, 2.24) is 5.06 Å². The molecule has 1 aliphatic rings. The van der Waals surface area contributed by atoms with E-state index in [-0.39, 0.29) is 5.91 Å². The van der Waals surface area contributed by atoms with E-state index in [0.717, 1.165) is 6.42 Å². The van der Waals surface area contributed by atoms with Crippen LogP contribution in [0.5, 0.6) is 0 Å². The fourth-order valence-corrected chi connectivity index (χ4v) is 0.886. The Morgan fingerprint density at radius 3 is 2.89 bits per heavy atom. The number of nitrogens with zero attached hydrogens (tertiary/aromatic N) is 1. The molecule has 4 nitrogen and oxygen atoms in total. The van der Waals surface area contributed by atoms with Crippen LogP contribution in [0.1, 0.15) is 12.8 Å². The van der Waals surface area contributed by atoms with Gasteiger partial charge in [0.15, 0.2) is 0 Å². The Balaban J connectivity index is 2.52. The Hall–Kier alpha value is -0.610. The quantitative estimate of drug-likeness (QED) is 0.427. The van der Waals surface area contributed by atoms with Gasteiger partial charge in [-0.2, -0.15) is 0 Å². The van der Waals surface area contributed by atoms with Gasteiger partial charge in [-0.15, -0.1) is 0 Å². The summed E-state index contributed by atoms with van der Waals surface area (Å²) >= 11 is 0. The Kier molecular flexibility index (Phi) is 1.68. The van der Waals surface area contributed by atoms with Gasteiger partial charge in [0, 0.05) is 6.54 Å². The maximum atomic E-state index is 10.7. The number of hydrogen-bond acceptors (Lipinski definition) is 3.